The Labute approximate surface area is 186 Å². The van der Waals surface area contributed by atoms with Crippen molar-refractivity contribution in [1.82, 2.24) is 10.0 Å². The maximum atomic E-state index is 12.6. The molecule has 2 N–H and O–H groups in total. The van der Waals surface area contributed by atoms with Gasteiger partial charge in [0.2, 0.25) is 10.0 Å². The standard InChI is InChI=1S/C22H36N2O6S/c1-16(2)12-19(23-21(26)30-22(4,5)6)15-31(27,28)24-17(3)20(25)14-29-13-18-10-8-7-9-11-18/h7-11,16-17,19,24H,12-15H2,1-6H3,(H,23,26). The number of ketones is 1. The molecule has 31 heavy (non-hydrogen) atoms. The average molecular weight is 457 g/mol. The Morgan fingerprint density at radius 2 is 1.68 bits per heavy atom. The summed E-state index contributed by atoms with van der Waals surface area (Å²) in [7, 11) is -3.83. The molecule has 0 radical (unpaired) electrons. The van der Waals surface area contributed by atoms with Crippen LogP contribution in [0.25, 0.3) is 0 Å². The van der Waals surface area contributed by atoms with Crippen LogP contribution in [0.1, 0.15) is 53.5 Å². The second-order valence-corrected chi connectivity index (χ2v) is 10.8. The van der Waals surface area contributed by atoms with E-state index in [4.69, 9.17) is 9.47 Å². The van der Waals surface area contributed by atoms with Crippen LogP contribution in [0.3, 0.4) is 0 Å². The quantitative estimate of drug-likeness (QED) is 0.500. The summed E-state index contributed by atoms with van der Waals surface area (Å²) in [4.78, 5) is 24.4. The van der Waals surface area contributed by atoms with E-state index in [2.05, 4.69) is 10.0 Å². The van der Waals surface area contributed by atoms with Crippen molar-refractivity contribution in [2.24, 2.45) is 5.92 Å². The van der Waals surface area contributed by atoms with Gasteiger partial charge >= 0.3 is 6.09 Å². The van der Waals surface area contributed by atoms with Gasteiger partial charge in [0, 0.05) is 6.04 Å². The van der Waals surface area contributed by atoms with Gasteiger partial charge in [0.25, 0.3) is 0 Å². The molecule has 0 fully saturated rings. The van der Waals surface area contributed by atoms with Crippen LogP contribution in [0, 0.1) is 5.92 Å². The Bertz CT molecular complexity index is 803. The van der Waals surface area contributed by atoms with Crippen LogP contribution in [0.2, 0.25) is 0 Å². The Hall–Kier alpha value is -1.97. The molecule has 8 nitrogen and oxygen atoms in total. The maximum absolute atomic E-state index is 12.6. The van der Waals surface area contributed by atoms with Gasteiger partial charge in [-0.3, -0.25) is 4.79 Å². The summed E-state index contributed by atoms with van der Waals surface area (Å²) in [6.45, 7) is 10.6. The van der Waals surface area contributed by atoms with E-state index in [0.29, 0.717) is 6.42 Å². The predicted octanol–water partition coefficient (Wildman–Crippen LogP) is 3.02. The number of hydrogen-bond donors (Lipinski definition) is 2. The molecular formula is C22H36N2O6S. The number of alkyl carbamates (subject to hydrolysis) is 1. The van der Waals surface area contributed by atoms with Crippen LogP contribution < -0.4 is 10.0 Å². The second kappa shape index (κ2) is 12.2. The van der Waals surface area contributed by atoms with Crippen molar-refractivity contribution < 1.29 is 27.5 Å². The molecule has 1 amide bonds. The van der Waals surface area contributed by atoms with E-state index in [1.807, 2.05) is 44.2 Å². The number of benzene rings is 1. The highest BCUT2D eigenvalue weighted by atomic mass is 32.2. The van der Waals surface area contributed by atoms with E-state index < -0.39 is 33.8 Å². The summed E-state index contributed by atoms with van der Waals surface area (Å²) < 4.78 is 38.2. The van der Waals surface area contributed by atoms with Crippen molar-refractivity contribution in [3.8, 4) is 0 Å². The number of amides is 1. The summed E-state index contributed by atoms with van der Waals surface area (Å²) in [6, 6.07) is 7.79. The van der Waals surface area contributed by atoms with E-state index in [-0.39, 0.29) is 30.7 Å². The molecule has 176 valence electrons. The lowest BCUT2D eigenvalue weighted by Crippen LogP contribution is -2.48. The van der Waals surface area contributed by atoms with Gasteiger partial charge < -0.3 is 14.8 Å². The van der Waals surface area contributed by atoms with Crippen molar-refractivity contribution in [2.45, 2.75) is 72.3 Å². The number of hydrogen-bond acceptors (Lipinski definition) is 6. The Morgan fingerprint density at radius 1 is 1.06 bits per heavy atom. The second-order valence-electron chi connectivity index (χ2n) is 9.04. The number of ether oxygens (including phenoxy) is 2. The van der Waals surface area contributed by atoms with Crippen LogP contribution in [0.15, 0.2) is 30.3 Å². The van der Waals surface area contributed by atoms with E-state index >= 15 is 0 Å². The molecule has 0 aliphatic heterocycles. The molecule has 2 atom stereocenters. The molecule has 1 aromatic rings. The lowest BCUT2D eigenvalue weighted by atomic mass is 10.1. The first-order valence-electron chi connectivity index (χ1n) is 10.4. The molecule has 0 spiro atoms. The number of Topliss-reactive ketones (excluding diaryl/α,β-unsaturated/α-hetero) is 1. The molecule has 0 aromatic heterocycles. The third-order valence-corrected chi connectivity index (χ3v) is 5.65. The van der Waals surface area contributed by atoms with E-state index in [1.54, 1.807) is 20.8 Å². The zero-order valence-electron chi connectivity index (χ0n) is 19.3. The van der Waals surface area contributed by atoms with Crippen LogP contribution in [-0.4, -0.2) is 50.3 Å². The third-order valence-electron chi connectivity index (χ3n) is 4.09. The Balaban J connectivity index is 2.60. The fourth-order valence-corrected chi connectivity index (χ4v) is 4.34. The molecule has 0 bridgehead atoms. The Kier molecular flexibility index (Phi) is 10.6. The van der Waals surface area contributed by atoms with Gasteiger partial charge in [0.05, 0.1) is 18.4 Å². The van der Waals surface area contributed by atoms with Crippen LogP contribution in [-0.2, 0) is 30.9 Å². The normalized spacial score (nSPS) is 14.2. The molecule has 0 saturated heterocycles. The summed E-state index contributed by atoms with van der Waals surface area (Å²) in [6.07, 6.45) is -0.227. The molecule has 0 aliphatic rings. The van der Waals surface area contributed by atoms with Gasteiger partial charge in [0.15, 0.2) is 5.78 Å². The van der Waals surface area contributed by atoms with Crippen LogP contribution in [0.4, 0.5) is 4.79 Å². The third kappa shape index (κ3) is 12.5. The smallest absolute Gasteiger partial charge is 0.407 e. The topological polar surface area (TPSA) is 111 Å². The van der Waals surface area contributed by atoms with Crippen molar-refractivity contribution in [1.29, 1.82) is 0 Å². The number of sulfonamides is 1. The van der Waals surface area contributed by atoms with Crippen molar-refractivity contribution in [3.63, 3.8) is 0 Å². The van der Waals surface area contributed by atoms with E-state index in [9.17, 15) is 18.0 Å². The first kappa shape index (κ1) is 27.1. The summed E-state index contributed by atoms with van der Waals surface area (Å²) in [5.41, 5.74) is 0.234. The molecule has 1 aromatic carbocycles. The van der Waals surface area contributed by atoms with Crippen molar-refractivity contribution in [3.05, 3.63) is 35.9 Å². The van der Waals surface area contributed by atoms with Crippen LogP contribution in [0.5, 0.6) is 0 Å². The minimum absolute atomic E-state index is 0.153. The molecule has 2 unspecified atom stereocenters. The minimum Gasteiger partial charge on any atom is -0.444 e. The minimum atomic E-state index is -3.83. The summed E-state index contributed by atoms with van der Waals surface area (Å²) in [5, 5.41) is 2.63. The van der Waals surface area contributed by atoms with E-state index in [0.717, 1.165) is 5.56 Å². The monoisotopic (exact) mass is 456 g/mol. The van der Waals surface area contributed by atoms with Gasteiger partial charge in [-0.2, -0.15) is 0 Å². The largest absolute Gasteiger partial charge is 0.444 e. The van der Waals surface area contributed by atoms with Crippen molar-refractivity contribution in [2.75, 3.05) is 12.4 Å². The summed E-state index contributed by atoms with van der Waals surface area (Å²) >= 11 is 0. The number of nitrogens with one attached hydrogen (secondary N) is 2. The number of carbonyl (C=O) groups excluding carboxylic acids is 2. The lowest BCUT2D eigenvalue weighted by molar-refractivity contribution is -0.125. The van der Waals surface area contributed by atoms with E-state index in [1.165, 1.54) is 6.92 Å². The number of carbonyl (C=O) groups is 2. The molecule has 0 heterocycles. The average Bonchev–Trinajstić information content (AvgIpc) is 2.59. The first-order chi connectivity index (χ1) is 14.3. The highest BCUT2D eigenvalue weighted by molar-refractivity contribution is 7.89. The molecular weight excluding hydrogens is 420 g/mol. The highest BCUT2D eigenvalue weighted by Gasteiger charge is 2.27. The SMILES string of the molecule is CC(C)CC(CS(=O)(=O)NC(C)C(=O)COCc1ccccc1)NC(=O)OC(C)(C)C. The number of rotatable bonds is 12. The predicted molar refractivity (Wildman–Crippen MR) is 120 cm³/mol. The molecule has 0 aliphatic carbocycles. The molecule has 0 saturated carbocycles. The molecule has 9 heteroatoms. The van der Waals surface area contributed by atoms with Gasteiger partial charge in [-0.15, -0.1) is 0 Å². The fourth-order valence-electron chi connectivity index (χ4n) is 2.83. The van der Waals surface area contributed by atoms with Gasteiger partial charge in [-0.25, -0.2) is 17.9 Å². The maximum Gasteiger partial charge on any atom is 0.407 e. The zero-order chi connectivity index (χ0) is 23.7. The van der Waals surface area contributed by atoms with Gasteiger partial charge in [-0.05, 0) is 45.6 Å². The zero-order valence-corrected chi connectivity index (χ0v) is 20.1. The molecule has 1 rings (SSSR count). The summed E-state index contributed by atoms with van der Waals surface area (Å²) in [5.74, 6) is -0.576. The Morgan fingerprint density at radius 3 is 2.23 bits per heavy atom. The van der Waals surface area contributed by atoms with Crippen LogP contribution >= 0.6 is 0 Å². The van der Waals surface area contributed by atoms with Crippen molar-refractivity contribution >= 4 is 21.9 Å². The van der Waals surface area contributed by atoms with Gasteiger partial charge in [0.1, 0.15) is 12.2 Å². The van der Waals surface area contributed by atoms with Gasteiger partial charge in [-0.1, -0.05) is 44.2 Å². The lowest BCUT2D eigenvalue weighted by Gasteiger charge is -2.25. The first-order valence-corrected chi connectivity index (χ1v) is 12.1. The fraction of sp³-hybridized carbons (Fsp3) is 0.636. The highest BCUT2D eigenvalue weighted by Crippen LogP contribution is 2.11.